The average Bonchev–Trinajstić information content (AvgIpc) is 2.17. The number of carbonyl (C=O) groups excluding carboxylic acids is 1. The fraction of sp³-hybridized carbons (Fsp3) is 0.667. The van der Waals surface area contributed by atoms with Crippen LogP contribution in [0.2, 0.25) is 0 Å². The third-order valence-corrected chi connectivity index (χ3v) is 1.98. The van der Waals surface area contributed by atoms with Crippen LogP contribution in [0.15, 0.2) is 12.3 Å². The van der Waals surface area contributed by atoms with E-state index in [0.29, 0.717) is 0 Å². The molecule has 0 aliphatic heterocycles. The van der Waals surface area contributed by atoms with Crippen LogP contribution in [0.5, 0.6) is 0 Å². The maximum atomic E-state index is 10.7. The molecule has 0 bridgehead atoms. The van der Waals surface area contributed by atoms with E-state index in [2.05, 4.69) is 10.1 Å². The molecule has 0 radical (unpaired) electrons. The summed E-state index contributed by atoms with van der Waals surface area (Å²) in [6, 6.07) is 0. The second kappa shape index (κ2) is 5.59. The summed E-state index contributed by atoms with van der Waals surface area (Å²) in [7, 11) is 1.32. The summed E-state index contributed by atoms with van der Waals surface area (Å²) in [5.74, 6) is -0.413. The molecule has 0 saturated heterocycles. The Morgan fingerprint density at radius 2 is 2.31 bits per heavy atom. The number of methoxy groups -OCH3 is 1. The minimum absolute atomic E-state index is 0.0228. The largest absolute Gasteiger partial charge is 0.466 e. The lowest BCUT2D eigenvalue weighted by atomic mass is 10.0. The van der Waals surface area contributed by atoms with Crippen molar-refractivity contribution in [3.8, 4) is 0 Å². The number of esters is 1. The molecule has 0 aliphatic rings. The number of carbonyl (C=O) groups is 1. The van der Waals surface area contributed by atoms with Crippen molar-refractivity contribution in [2.24, 2.45) is 0 Å². The van der Waals surface area contributed by atoms with Crippen LogP contribution in [-0.2, 0) is 9.53 Å². The predicted molar refractivity (Wildman–Crippen MR) is 50.1 cm³/mol. The minimum atomic E-state index is -0.413. The van der Waals surface area contributed by atoms with Crippen LogP contribution < -0.4 is 5.32 Å². The third-order valence-electron chi connectivity index (χ3n) is 1.98. The summed E-state index contributed by atoms with van der Waals surface area (Å²) >= 11 is 0. The topological polar surface area (TPSA) is 58.6 Å². The van der Waals surface area contributed by atoms with Gasteiger partial charge in [-0.25, -0.2) is 4.79 Å². The smallest absolute Gasteiger partial charge is 0.331 e. The Kier molecular flexibility index (Phi) is 5.14. The van der Waals surface area contributed by atoms with Gasteiger partial charge in [0.2, 0.25) is 0 Å². The number of ether oxygens (including phenoxy) is 1. The first-order valence-corrected chi connectivity index (χ1v) is 4.21. The van der Waals surface area contributed by atoms with Gasteiger partial charge in [0.15, 0.2) is 0 Å². The van der Waals surface area contributed by atoms with Crippen LogP contribution in [0.3, 0.4) is 0 Å². The summed E-state index contributed by atoms with van der Waals surface area (Å²) in [4.78, 5) is 10.7. The van der Waals surface area contributed by atoms with Gasteiger partial charge < -0.3 is 15.2 Å². The molecule has 0 saturated carbocycles. The lowest BCUT2D eigenvalue weighted by molar-refractivity contribution is -0.134. The zero-order chi connectivity index (χ0) is 10.3. The van der Waals surface area contributed by atoms with Gasteiger partial charge >= 0.3 is 5.97 Å². The molecular weight excluding hydrogens is 170 g/mol. The van der Waals surface area contributed by atoms with Crippen molar-refractivity contribution < 1.29 is 14.6 Å². The molecule has 76 valence electrons. The van der Waals surface area contributed by atoms with Crippen molar-refractivity contribution in [2.45, 2.75) is 25.8 Å². The maximum Gasteiger partial charge on any atom is 0.331 e. The normalized spacial score (nSPS) is 15.4. The van der Waals surface area contributed by atoms with Crippen LogP contribution in [0.4, 0.5) is 0 Å². The average molecular weight is 187 g/mol. The summed E-state index contributed by atoms with van der Waals surface area (Å²) < 4.78 is 4.40. The highest BCUT2D eigenvalue weighted by Gasteiger charge is 2.17. The molecule has 4 nitrogen and oxygen atoms in total. The fourth-order valence-electron chi connectivity index (χ4n) is 0.638. The Morgan fingerprint density at radius 1 is 1.69 bits per heavy atom. The highest BCUT2D eigenvalue weighted by Crippen LogP contribution is 2.06. The predicted octanol–water partition coefficient (Wildman–Crippen LogP) is 0.424. The number of hydrogen-bond donors (Lipinski definition) is 2. The van der Waals surface area contributed by atoms with E-state index in [1.54, 1.807) is 0 Å². The SMILES string of the molecule is CCC(C)(CO)N/C=C/C(=O)OC. The summed E-state index contributed by atoms with van der Waals surface area (Å²) in [6.45, 7) is 3.85. The summed E-state index contributed by atoms with van der Waals surface area (Å²) in [6.07, 6.45) is 3.55. The van der Waals surface area contributed by atoms with Crippen molar-refractivity contribution in [2.75, 3.05) is 13.7 Å². The highest BCUT2D eigenvalue weighted by molar-refractivity contribution is 5.81. The van der Waals surface area contributed by atoms with E-state index in [1.807, 2.05) is 13.8 Å². The van der Waals surface area contributed by atoms with Gasteiger partial charge in [0.05, 0.1) is 19.3 Å². The molecule has 0 aromatic rings. The van der Waals surface area contributed by atoms with E-state index in [4.69, 9.17) is 5.11 Å². The van der Waals surface area contributed by atoms with Gasteiger partial charge in [-0.3, -0.25) is 0 Å². The lowest BCUT2D eigenvalue weighted by Gasteiger charge is -2.25. The van der Waals surface area contributed by atoms with Crippen molar-refractivity contribution in [1.29, 1.82) is 0 Å². The molecule has 0 spiro atoms. The highest BCUT2D eigenvalue weighted by atomic mass is 16.5. The Morgan fingerprint density at radius 3 is 2.69 bits per heavy atom. The Balaban J connectivity index is 3.98. The van der Waals surface area contributed by atoms with Gasteiger partial charge in [0.25, 0.3) is 0 Å². The van der Waals surface area contributed by atoms with Crippen LogP contribution in [0.1, 0.15) is 20.3 Å². The molecule has 0 amide bonds. The number of aliphatic hydroxyl groups is 1. The minimum Gasteiger partial charge on any atom is -0.466 e. The second-order valence-corrected chi connectivity index (χ2v) is 3.07. The monoisotopic (exact) mass is 187 g/mol. The van der Waals surface area contributed by atoms with E-state index < -0.39 is 5.97 Å². The van der Waals surface area contributed by atoms with Crippen molar-refractivity contribution in [3.05, 3.63) is 12.3 Å². The zero-order valence-electron chi connectivity index (χ0n) is 8.33. The second-order valence-electron chi connectivity index (χ2n) is 3.07. The van der Waals surface area contributed by atoms with Crippen LogP contribution >= 0.6 is 0 Å². The first-order valence-electron chi connectivity index (χ1n) is 4.21. The molecule has 0 rings (SSSR count). The molecule has 13 heavy (non-hydrogen) atoms. The van der Waals surface area contributed by atoms with Crippen LogP contribution in [0.25, 0.3) is 0 Å². The summed E-state index contributed by atoms with van der Waals surface area (Å²) in [5.41, 5.74) is -0.371. The van der Waals surface area contributed by atoms with Gasteiger partial charge in [-0.2, -0.15) is 0 Å². The van der Waals surface area contributed by atoms with Gasteiger partial charge in [-0.15, -0.1) is 0 Å². The molecule has 0 aromatic carbocycles. The maximum absolute atomic E-state index is 10.7. The fourth-order valence-corrected chi connectivity index (χ4v) is 0.638. The molecule has 1 unspecified atom stereocenters. The van der Waals surface area contributed by atoms with Gasteiger partial charge in [0.1, 0.15) is 0 Å². The standard InChI is InChI=1S/C9H17NO3/c1-4-9(2,7-11)10-6-5-8(12)13-3/h5-6,10-11H,4,7H2,1-3H3/b6-5+. The lowest BCUT2D eigenvalue weighted by Crippen LogP contribution is -2.42. The van der Waals surface area contributed by atoms with Crippen molar-refractivity contribution in [3.63, 3.8) is 0 Å². The molecule has 0 aliphatic carbocycles. The van der Waals surface area contributed by atoms with Crippen molar-refractivity contribution >= 4 is 5.97 Å². The molecule has 1 atom stereocenters. The number of aliphatic hydroxyl groups excluding tert-OH is 1. The molecule has 0 heterocycles. The molecular formula is C9H17NO3. The van der Waals surface area contributed by atoms with Gasteiger partial charge in [-0.1, -0.05) is 6.92 Å². The quantitative estimate of drug-likeness (QED) is 0.484. The van der Waals surface area contributed by atoms with E-state index in [-0.39, 0.29) is 12.1 Å². The Hall–Kier alpha value is -1.03. The van der Waals surface area contributed by atoms with E-state index in [9.17, 15) is 4.79 Å². The number of hydrogen-bond acceptors (Lipinski definition) is 4. The summed E-state index contributed by atoms with van der Waals surface area (Å²) in [5, 5.41) is 11.9. The van der Waals surface area contributed by atoms with Crippen LogP contribution in [0, 0.1) is 0 Å². The Bertz CT molecular complexity index is 185. The molecule has 0 fully saturated rings. The van der Waals surface area contributed by atoms with E-state index >= 15 is 0 Å². The molecule has 0 aromatic heterocycles. The number of rotatable bonds is 5. The number of nitrogens with one attached hydrogen (secondary N) is 1. The third kappa shape index (κ3) is 4.52. The van der Waals surface area contributed by atoms with E-state index in [1.165, 1.54) is 19.4 Å². The van der Waals surface area contributed by atoms with Gasteiger partial charge in [0, 0.05) is 12.3 Å². The zero-order valence-corrected chi connectivity index (χ0v) is 8.33. The van der Waals surface area contributed by atoms with Gasteiger partial charge in [-0.05, 0) is 13.3 Å². The Labute approximate surface area is 78.6 Å². The van der Waals surface area contributed by atoms with Crippen LogP contribution in [-0.4, -0.2) is 30.3 Å². The van der Waals surface area contributed by atoms with E-state index in [0.717, 1.165) is 6.42 Å². The first-order chi connectivity index (χ1) is 6.08. The molecule has 2 N–H and O–H groups in total. The van der Waals surface area contributed by atoms with Crippen molar-refractivity contribution in [1.82, 2.24) is 5.32 Å². The first kappa shape index (κ1) is 12.0. The molecule has 4 heteroatoms.